The quantitative estimate of drug-likeness (QED) is 0.447. The highest BCUT2D eigenvalue weighted by atomic mass is 19.1. The number of hydrogen-bond donors (Lipinski definition) is 0. The van der Waals surface area contributed by atoms with Crippen molar-refractivity contribution in [1.29, 1.82) is 0 Å². The van der Waals surface area contributed by atoms with Gasteiger partial charge in [-0.1, -0.05) is 0 Å². The van der Waals surface area contributed by atoms with Crippen molar-refractivity contribution in [2.45, 2.75) is 0 Å². The lowest BCUT2D eigenvalue weighted by Crippen LogP contribution is -1.81. The summed E-state index contributed by atoms with van der Waals surface area (Å²) in [5.74, 6) is 0. The molecule has 0 radical (unpaired) electrons. The normalized spacial score (nSPS) is 14.7. The van der Waals surface area contributed by atoms with Crippen LogP contribution in [0.4, 0.5) is 4.39 Å². The second-order valence-electron chi connectivity index (χ2n) is 0.841. The molecule has 0 aliphatic rings. The zero-order valence-electron chi connectivity index (χ0n) is 6.27. The summed E-state index contributed by atoms with van der Waals surface area (Å²) in [7, 11) is 0. The van der Waals surface area contributed by atoms with Gasteiger partial charge in [0.2, 0.25) is 0 Å². The zero-order valence-corrected chi connectivity index (χ0v) is 3.27. The van der Waals surface area contributed by atoms with E-state index in [1.165, 1.54) is 0 Å². The van der Waals surface area contributed by atoms with E-state index in [9.17, 15) is 4.39 Å². The third kappa shape index (κ3) is 0.924. The Labute approximate surface area is 44.3 Å². The predicted octanol–water partition coefficient (Wildman–Crippen LogP) is 0.616. The van der Waals surface area contributed by atoms with E-state index in [0.29, 0.717) is 0 Å². The largest absolute Gasteiger partial charge is 0.308 e. The SMILES string of the molecule is [2H]c1nc(F)nc([2H])c1[2H]. The van der Waals surface area contributed by atoms with Crippen LogP contribution in [0, 0.1) is 6.08 Å². The zero-order chi connectivity index (χ0) is 7.72. The van der Waals surface area contributed by atoms with Gasteiger partial charge in [-0.15, -0.1) is 0 Å². The van der Waals surface area contributed by atoms with E-state index in [2.05, 4.69) is 9.97 Å². The lowest BCUT2D eigenvalue weighted by atomic mass is 10.7. The summed E-state index contributed by atoms with van der Waals surface area (Å²) in [5, 5.41) is 0. The van der Waals surface area contributed by atoms with Crippen LogP contribution in [-0.2, 0) is 0 Å². The summed E-state index contributed by atoms with van der Waals surface area (Å²) >= 11 is 0. The first-order chi connectivity index (χ1) is 4.61. The molecule has 1 rings (SSSR count). The highest BCUT2D eigenvalue weighted by Gasteiger charge is 1.80. The van der Waals surface area contributed by atoms with Crippen LogP contribution in [0.25, 0.3) is 0 Å². The minimum absolute atomic E-state index is 0.457. The number of halogens is 1. The average molecular weight is 101 g/mol. The van der Waals surface area contributed by atoms with Crippen LogP contribution >= 0.6 is 0 Å². The lowest BCUT2D eigenvalue weighted by Gasteiger charge is -1.77. The second-order valence-corrected chi connectivity index (χ2v) is 0.841. The van der Waals surface area contributed by atoms with E-state index in [-0.39, 0.29) is 0 Å². The summed E-state index contributed by atoms with van der Waals surface area (Å²) in [5.41, 5.74) is 0. The van der Waals surface area contributed by atoms with Crippen molar-refractivity contribution in [1.82, 2.24) is 9.97 Å². The van der Waals surface area contributed by atoms with Gasteiger partial charge in [0.25, 0.3) is 0 Å². The number of aromatic nitrogens is 2. The van der Waals surface area contributed by atoms with Gasteiger partial charge < -0.3 is 0 Å². The van der Waals surface area contributed by atoms with E-state index in [4.69, 9.17) is 4.11 Å². The molecule has 0 fully saturated rings. The fourth-order valence-electron chi connectivity index (χ4n) is 0.198. The minimum atomic E-state index is -1.13. The number of rotatable bonds is 0. The molecule has 1 heterocycles. The highest BCUT2D eigenvalue weighted by Crippen LogP contribution is 1.79. The molecule has 0 saturated heterocycles. The van der Waals surface area contributed by atoms with E-state index in [0.717, 1.165) is 0 Å². The van der Waals surface area contributed by atoms with Gasteiger partial charge in [0.15, 0.2) is 0 Å². The van der Waals surface area contributed by atoms with Crippen LogP contribution in [0.1, 0.15) is 4.11 Å². The van der Waals surface area contributed by atoms with Gasteiger partial charge in [-0.3, -0.25) is 0 Å². The van der Waals surface area contributed by atoms with E-state index < -0.39 is 24.5 Å². The van der Waals surface area contributed by atoms with Gasteiger partial charge in [-0.05, 0) is 6.04 Å². The van der Waals surface area contributed by atoms with Crippen molar-refractivity contribution in [3.8, 4) is 0 Å². The van der Waals surface area contributed by atoms with Gasteiger partial charge in [-0.25, -0.2) is 9.97 Å². The number of nitrogens with zero attached hydrogens (tertiary/aromatic N) is 2. The third-order valence-corrected chi connectivity index (χ3v) is 0.408. The van der Waals surface area contributed by atoms with Crippen LogP contribution in [0.2, 0.25) is 0 Å². The molecule has 0 bridgehead atoms. The van der Waals surface area contributed by atoms with Crippen LogP contribution < -0.4 is 0 Å². The Balaban J connectivity index is 3.31. The van der Waals surface area contributed by atoms with Crippen LogP contribution in [-0.4, -0.2) is 9.97 Å². The molecule has 0 atom stereocenters. The molecule has 3 heteroatoms. The lowest BCUT2D eigenvalue weighted by molar-refractivity contribution is 0.538. The summed E-state index contributed by atoms with van der Waals surface area (Å²) in [6.07, 6.45) is -2.25. The van der Waals surface area contributed by atoms with Gasteiger partial charge >= 0.3 is 6.08 Å². The Hall–Kier alpha value is -0.990. The molecular weight excluding hydrogens is 95.1 g/mol. The second kappa shape index (κ2) is 1.64. The first kappa shape index (κ1) is 1.86. The smallest absolute Gasteiger partial charge is 0.211 e. The molecule has 1 aromatic rings. The summed E-state index contributed by atoms with van der Waals surface area (Å²) in [6, 6.07) is -0.457. The molecule has 36 valence electrons. The Kier molecular flexibility index (Phi) is 0.435. The molecule has 0 amide bonds. The molecule has 0 aliphatic heterocycles. The van der Waals surface area contributed by atoms with Crippen LogP contribution in [0.15, 0.2) is 18.4 Å². The minimum Gasteiger partial charge on any atom is -0.211 e. The molecule has 0 saturated carbocycles. The highest BCUT2D eigenvalue weighted by molar-refractivity contribution is 4.76. The van der Waals surface area contributed by atoms with Gasteiger partial charge in [-0.2, -0.15) is 4.39 Å². The Bertz CT molecular complexity index is 242. The molecule has 0 N–H and O–H groups in total. The Morgan fingerprint density at radius 1 is 1.57 bits per heavy atom. The first-order valence-corrected chi connectivity index (χ1v) is 1.58. The summed E-state index contributed by atoms with van der Waals surface area (Å²) in [6.45, 7) is 0. The van der Waals surface area contributed by atoms with Gasteiger partial charge in [0, 0.05) is 12.3 Å². The van der Waals surface area contributed by atoms with Crippen molar-refractivity contribution in [2.75, 3.05) is 0 Å². The van der Waals surface area contributed by atoms with Crippen LogP contribution in [0.5, 0.6) is 0 Å². The predicted molar refractivity (Wildman–Crippen MR) is 22.0 cm³/mol. The molecule has 0 aromatic carbocycles. The summed E-state index contributed by atoms with van der Waals surface area (Å²) in [4.78, 5) is 5.83. The van der Waals surface area contributed by atoms with Crippen LogP contribution in [0.3, 0.4) is 0 Å². The fourth-order valence-corrected chi connectivity index (χ4v) is 0.198. The molecule has 0 unspecified atom stereocenters. The average Bonchev–Trinajstić information content (AvgIpc) is 1.82. The first-order valence-electron chi connectivity index (χ1n) is 3.08. The van der Waals surface area contributed by atoms with Crippen molar-refractivity contribution in [2.24, 2.45) is 0 Å². The van der Waals surface area contributed by atoms with Gasteiger partial charge in [0.1, 0.15) is 0 Å². The number of hydrogen-bond acceptors (Lipinski definition) is 2. The van der Waals surface area contributed by atoms with E-state index in [1.54, 1.807) is 0 Å². The molecule has 2 nitrogen and oxygen atoms in total. The third-order valence-electron chi connectivity index (χ3n) is 0.408. The van der Waals surface area contributed by atoms with Crippen molar-refractivity contribution < 1.29 is 8.50 Å². The maximum atomic E-state index is 12.1. The van der Waals surface area contributed by atoms with Crippen molar-refractivity contribution >= 4 is 0 Å². The maximum Gasteiger partial charge on any atom is 0.308 e. The standard InChI is InChI=1S/C4H3FN2/c5-4-6-2-1-3-7-4/h1-3H/i1D,2D,3D. The fraction of sp³-hybridized carbons (Fsp3) is 0. The molecule has 1 aromatic heterocycles. The Morgan fingerprint density at radius 3 is 2.71 bits per heavy atom. The van der Waals surface area contributed by atoms with E-state index >= 15 is 0 Å². The molecular formula is C4H3FN2. The summed E-state index contributed by atoms with van der Waals surface area (Å²) < 4.78 is 32.5. The van der Waals surface area contributed by atoms with Gasteiger partial charge in [0.05, 0.1) is 4.11 Å². The monoisotopic (exact) mass is 101 g/mol. The molecule has 0 spiro atoms. The van der Waals surface area contributed by atoms with Crippen molar-refractivity contribution in [3.05, 3.63) is 24.5 Å². The molecule has 7 heavy (non-hydrogen) atoms. The molecule has 0 aliphatic carbocycles. The topological polar surface area (TPSA) is 25.8 Å². The van der Waals surface area contributed by atoms with Crippen molar-refractivity contribution in [3.63, 3.8) is 0 Å². The Morgan fingerprint density at radius 2 is 2.14 bits per heavy atom. The van der Waals surface area contributed by atoms with E-state index in [1.807, 2.05) is 0 Å². The maximum absolute atomic E-state index is 12.1.